The lowest BCUT2D eigenvalue weighted by atomic mass is 10.1. The first-order valence-electron chi connectivity index (χ1n) is 2.91. The van der Waals surface area contributed by atoms with Crippen molar-refractivity contribution in [1.29, 1.82) is 0 Å². The largest absolute Gasteiger partial charge is 0.171 e. The van der Waals surface area contributed by atoms with Crippen molar-refractivity contribution in [2.45, 2.75) is 18.6 Å². The fourth-order valence-corrected chi connectivity index (χ4v) is 1.35. The Labute approximate surface area is 66.0 Å². The van der Waals surface area contributed by atoms with Crippen molar-refractivity contribution in [1.82, 2.24) is 0 Å². The standard InChI is InChI=1S/C7H9ClS/c1-5-2-3-6(8)4-7(5)9/h2-3,7,9H,4H2,1H3. The van der Waals surface area contributed by atoms with Gasteiger partial charge >= 0.3 is 0 Å². The lowest BCUT2D eigenvalue weighted by molar-refractivity contribution is 0.974. The van der Waals surface area contributed by atoms with E-state index in [1.165, 1.54) is 5.57 Å². The van der Waals surface area contributed by atoms with E-state index in [4.69, 9.17) is 11.6 Å². The second-order valence-corrected chi connectivity index (χ2v) is 3.35. The number of hydrogen-bond donors (Lipinski definition) is 1. The summed E-state index contributed by atoms with van der Waals surface area (Å²) in [6.07, 6.45) is 4.83. The highest BCUT2D eigenvalue weighted by molar-refractivity contribution is 7.81. The lowest BCUT2D eigenvalue weighted by Gasteiger charge is -2.13. The third-order valence-electron chi connectivity index (χ3n) is 1.44. The molecule has 0 amide bonds. The zero-order valence-electron chi connectivity index (χ0n) is 5.26. The zero-order chi connectivity index (χ0) is 6.85. The molecule has 1 aliphatic carbocycles. The molecule has 0 saturated heterocycles. The van der Waals surface area contributed by atoms with Crippen LogP contribution in [0.2, 0.25) is 0 Å². The van der Waals surface area contributed by atoms with E-state index in [0.717, 1.165) is 11.5 Å². The highest BCUT2D eigenvalue weighted by Gasteiger charge is 2.09. The number of allylic oxidation sites excluding steroid dienone is 3. The number of halogens is 1. The van der Waals surface area contributed by atoms with E-state index in [-0.39, 0.29) is 0 Å². The minimum Gasteiger partial charge on any atom is -0.171 e. The zero-order valence-corrected chi connectivity index (χ0v) is 6.91. The molecule has 0 aromatic heterocycles. The van der Waals surface area contributed by atoms with Gasteiger partial charge in [-0.25, -0.2) is 0 Å². The molecule has 50 valence electrons. The molecule has 9 heavy (non-hydrogen) atoms. The molecule has 0 aromatic carbocycles. The molecule has 1 unspecified atom stereocenters. The predicted molar refractivity (Wildman–Crippen MR) is 45.1 cm³/mol. The van der Waals surface area contributed by atoms with E-state index in [2.05, 4.69) is 19.6 Å². The molecular formula is C7H9ClS. The maximum Gasteiger partial charge on any atom is 0.0275 e. The molecule has 0 nitrogen and oxygen atoms in total. The molecule has 1 atom stereocenters. The predicted octanol–water partition coefficient (Wildman–Crippen LogP) is 2.76. The van der Waals surface area contributed by atoms with E-state index < -0.39 is 0 Å². The molecule has 0 fully saturated rings. The van der Waals surface area contributed by atoms with Crippen molar-refractivity contribution >= 4 is 24.2 Å². The molecule has 0 radical (unpaired) electrons. The molecule has 0 heterocycles. The van der Waals surface area contributed by atoms with Crippen molar-refractivity contribution in [3.63, 3.8) is 0 Å². The molecule has 0 N–H and O–H groups in total. The summed E-state index contributed by atoms with van der Waals surface area (Å²) in [4.78, 5) is 0. The van der Waals surface area contributed by atoms with Crippen LogP contribution in [0.15, 0.2) is 22.8 Å². The molecule has 1 rings (SSSR count). The van der Waals surface area contributed by atoms with Crippen molar-refractivity contribution < 1.29 is 0 Å². The van der Waals surface area contributed by atoms with E-state index >= 15 is 0 Å². The highest BCUT2D eigenvalue weighted by atomic mass is 35.5. The van der Waals surface area contributed by atoms with Crippen molar-refractivity contribution in [3.8, 4) is 0 Å². The van der Waals surface area contributed by atoms with Gasteiger partial charge < -0.3 is 0 Å². The van der Waals surface area contributed by atoms with Crippen LogP contribution in [0.3, 0.4) is 0 Å². The monoisotopic (exact) mass is 160 g/mol. The van der Waals surface area contributed by atoms with Gasteiger partial charge in [0.2, 0.25) is 0 Å². The smallest absolute Gasteiger partial charge is 0.0275 e. The Hall–Kier alpha value is 0.120. The van der Waals surface area contributed by atoms with Gasteiger partial charge in [-0.1, -0.05) is 23.3 Å². The van der Waals surface area contributed by atoms with E-state index in [9.17, 15) is 0 Å². The molecule has 1 aliphatic rings. The minimum atomic E-state index is 0.336. The van der Waals surface area contributed by atoms with Crippen LogP contribution in [0, 0.1) is 0 Å². The molecule has 0 saturated carbocycles. The Balaban J connectivity index is 2.74. The van der Waals surface area contributed by atoms with Crippen LogP contribution in [0.5, 0.6) is 0 Å². The average molecular weight is 161 g/mol. The van der Waals surface area contributed by atoms with Gasteiger partial charge in [0.1, 0.15) is 0 Å². The van der Waals surface area contributed by atoms with Gasteiger partial charge in [0.15, 0.2) is 0 Å². The summed E-state index contributed by atoms with van der Waals surface area (Å²) in [7, 11) is 0. The fraction of sp³-hybridized carbons (Fsp3) is 0.429. The third kappa shape index (κ3) is 1.77. The van der Waals surface area contributed by atoms with Gasteiger partial charge in [-0.2, -0.15) is 12.6 Å². The second kappa shape index (κ2) is 2.80. The van der Waals surface area contributed by atoms with Crippen LogP contribution < -0.4 is 0 Å². The molecule has 0 bridgehead atoms. The molecular weight excluding hydrogens is 152 g/mol. The Morgan fingerprint density at radius 1 is 1.67 bits per heavy atom. The average Bonchev–Trinajstić information content (AvgIpc) is 1.80. The van der Waals surface area contributed by atoms with Gasteiger partial charge in [0, 0.05) is 10.3 Å². The normalized spacial score (nSPS) is 27.2. The maximum absolute atomic E-state index is 5.74. The third-order valence-corrected chi connectivity index (χ3v) is 2.31. The van der Waals surface area contributed by atoms with Crippen molar-refractivity contribution in [2.24, 2.45) is 0 Å². The van der Waals surface area contributed by atoms with E-state index in [1.54, 1.807) is 0 Å². The number of rotatable bonds is 0. The Bertz CT molecular complexity index is 170. The summed E-state index contributed by atoms with van der Waals surface area (Å²) < 4.78 is 0. The molecule has 0 spiro atoms. The van der Waals surface area contributed by atoms with Gasteiger partial charge in [-0.3, -0.25) is 0 Å². The molecule has 2 heteroatoms. The number of thiol groups is 1. The topological polar surface area (TPSA) is 0 Å². The summed E-state index contributed by atoms with van der Waals surface area (Å²) in [5, 5.41) is 1.24. The van der Waals surface area contributed by atoms with Crippen LogP contribution in [-0.2, 0) is 0 Å². The SMILES string of the molecule is CC1=CC=C(Cl)CC1S. The highest BCUT2D eigenvalue weighted by Crippen LogP contribution is 2.24. The Morgan fingerprint density at radius 3 is 2.78 bits per heavy atom. The van der Waals surface area contributed by atoms with Crippen LogP contribution >= 0.6 is 24.2 Å². The Morgan fingerprint density at radius 2 is 2.33 bits per heavy atom. The van der Waals surface area contributed by atoms with Crippen LogP contribution in [-0.4, -0.2) is 5.25 Å². The summed E-state index contributed by atoms with van der Waals surface area (Å²) >= 11 is 10.1. The van der Waals surface area contributed by atoms with Crippen LogP contribution in [0.1, 0.15) is 13.3 Å². The van der Waals surface area contributed by atoms with Crippen molar-refractivity contribution in [3.05, 3.63) is 22.8 Å². The number of hydrogen-bond acceptors (Lipinski definition) is 1. The van der Waals surface area contributed by atoms with Gasteiger partial charge in [-0.15, -0.1) is 0 Å². The lowest BCUT2D eigenvalue weighted by Crippen LogP contribution is -2.03. The summed E-state index contributed by atoms with van der Waals surface area (Å²) in [6.45, 7) is 2.07. The van der Waals surface area contributed by atoms with E-state index in [1.807, 2.05) is 12.2 Å². The fourth-order valence-electron chi connectivity index (χ4n) is 0.747. The van der Waals surface area contributed by atoms with Gasteiger partial charge in [0.05, 0.1) is 0 Å². The maximum atomic E-state index is 5.74. The van der Waals surface area contributed by atoms with Crippen LogP contribution in [0.25, 0.3) is 0 Å². The Kier molecular flexibility index (Phi) is 2.25. The van der Waals surface area contributed by atoms with Gasteiger partial charge in [-0.05, 0) is 19.4 Å². The summed E-state index contributed by atoms with van der Waals surface area (Å²) in [5.74, 6) is 0. The second-order valence-electron chi connectivity index (χ2n) is 2.24. The molecule has 0 aromatic rings. The van der Waals surface area contributed by atoms with Crippen LogP contribution in [0.4, 0.5) is 0 Å². The first-order valence-corrected chi connectivity index (χ1v) is 3.80. The quantitative estimate of drug-likeness (QED) is 0.518. The van der Waals surface area contributed by atoms with Crippen molar-refractivity contribution in [2.75, 3.05) is 0 Å². The van der Waals surface area contributed by atoms with E-state index in [0.29, 0.717) is 5.25 Å². The first-order chi connectivity index (χ1) is 4.20. The first kappa shape index (κ1) is 7.23. The summed E-state index contributed by atoms with van der Waals surface area (Å²) in [5.41, 5.74) is 1.29. The summed E-state index contributed by atoms with van der Waals surface area (Å²) in [6, 6.07) is 0. The van der Waals surface area contributed by atoms with Gasteiger partial charge in [0.25, 0.3) is 0 Å². The minimum absolute atomic E-state index is 0.336. The molecule has 0 aliphatic heterocycles.